The quantitative estimate of drug-likeness (QED) is 0.637. The molecule has 3 aromatic rings. The zero-order valence-corrected chi connectivity index (χ0v) is 13.8. The summed E-state index contributed by atoms with van der Waals surface area (Å²) in [7, 11) is 0. The van der Waals surface area contributed by atoms with Crippen molar-refractivity contribution in [1.29, 1.82) is 0 Å². The fourth-order valence-electron chi connectivity index (χ4n) is 3.79. The van der Waals surface area contributed by atoms with Crippen molar-refractivity contribution in [3.05, 3.63) is 66.0 Å². The van der Waals surface area contributed by atoms with E-state index in [1.807, 2.05) is 48.5 Å². The highest BCUT2D eigenvalue weighted by Gasteiger charge is 2.23. The Balaban J connectivity index is 1.73. The van der Waals surface area contributed by atoms with Crippen molar-refractivity contribution in [1.82, 2.24) is 9.55 Å². The summed E-state index contributed by atoms with van der Waals surface area (Å²) in [6.07, 6.45) is 6.21. The normalized spacial score (nSPS) is 15.7. The summed E-state index contributed by atoms with van der Waals surface area (Å²) in [4.78, 5) is 17.6. The fourth-order valence-corrected chi connectivity index (χ4v) is 3.79. The number of Topliss-reactive ketones (excluding diaryl/α,β-unsaturated/α-hetero) is 1. The molecule has 0 aliphatic heterocycles. The third-order valence-corrected chi connectivity index (χ3v) is 5.05. The molecule has 122 valence electrons. The van der Waals surface area contributed by atoms with Crippen molar-refractivity contribution < 1.29 is 4.79 Å². The van der Waals surface area contributed by atoms with Crippen LogP contribution in [0.3, 0.4) is 0 Å². The SMILES string of the molecule is O=C(Cn1c(C2CCCCC2)nc2ccccc21)c1ccccc1. The Kier molecular flexibility index (Phi) is 4.16. The second-order valence-electron chi connectivity index (χ2n) is 6.67. The second-order valence-corrected chi connectivity index (χ2v) is 6.67. The number of hydrogen-bond donors (Lipinski definition) is 0. The average Bonchev–Trinajstić information content (AvgIpc) is 3.02. The first kappa shape index (κ1) is 15.1. The molecule has 1 aliphatic rings. The van der Waals surface area contributed by atoms with Crippen molar-refractivity contribution in [2.24, 2.45) is 0 Å². The van der Waals surface area contributed by atoms with E-state index in [2.05, 4.69) is 10.6 Å². The second kappa shape index (κ2) is 6.60. The van der Waals surface area contributed by atoms with Crippen LogP contribution in [0.1, 0.15) is 54.2 Å². The Morgan fingerprint density at radius 1 is 0.958 bits per heavy atom. The summed E-state index contributed by atoms with van der Waals surface area (Å²) in [5, 5.41) is 0. The van der Waals surface area contributed by atoms with E-state index in [1.54, 1.807) is 0 Å². The number of hydrogen-bond acceptors (Lipinski definition) is 2. The maximum atomic E-state index is 12.7. The molecule has 3 nitrogen and oxygen atoms in total. The van der Waals surface area contributed by atoms with E-state index in [0.29, 0.717) is 12.5 Å². The molecule has 4 rings (SSSR count). The van der Waals surface area contributed by atoms with Gasteiger partial charge in [0, 0.05) is 11.5 Å². The van der Waals surface area contributed by atoms with Crippen molar-refractivity contribution in [3.8, 4) is 0 Å². The van der Waals surface area contributed by atoms with Crippen molar-refractivity contribution in [2.75, 3.05) is 0 Å². The Morgan fingerprint density at radius 3 is 2.46 bits per heavy atom. The van der Waals surface area contributed by atoms with E-state index in [-0.39, 0.29) is 5.78 Å². The van der Waals surface area contributed by atoms with Gasteiger partial charge in [0.15, 0.2) is 5.78 Å². The Morgan fingerprint density at radius 2 is 1.67 bits per heavy atom. The minimum Gasteiger partial charge on any atom is -0.320 e. The van der Waals surface area contributed by atoms with Crippen molar-refractivity contribution >= 4 is 16.8 Å². The van der Waals surface area contributed by atoms with E-state index in [9.17, 15) is 4.79 Å². The van der Waals surface area contributed by atoms with Crippen LogP contribution in [0.15, 0.2) is 54.6 Å². The molecule has 0 radical (unpaired) electrons. The number of rotatable bonds is 4. The molecule has 0 amide bonds. The van der Waals surface area contributed by atoms with Gasteiger partial charge in [-0.2, -0.15) is 0 Å². The molecule has 0 N–H and O–H groups in total. The number of aromatic nitrogens is 2. The molecule has 0 bridgehead atoms. The molecular formula is C21H22N2O. The first-order valence-electron chi connectivity index (χ1n) is 8.86. The molecule has 1 fully saturated rings. The van der Waals surface area contributed by atoms with Gasteiger partial charge in [-0.15, -0.1) is 0 Å². The summed E-state index contributed by atoms with van der Waals surface area (Å²) in [5.41, 5.74) is 2.84. The van der Waals surface area contributed by atoms with Crippen LogP contribution in [0.4, 0.5) is 0 Å². The largest absolute Gasteiger partial charge is 0.320 e. The molecule has 0 atom stereocenters. The van der Waals surface area contributed by atoms with E-state index in [1.165, 1.54) is 32.1 Å². The van der Waals surface area contributed by atoms with Crippen molar-refractivity contribution in [3.63, 3.8) is 0 Å². The van der Waals surface area contributed by atoms with Gasteiger partial charge < -0.3 is 4.57 Å². The lowest BCUT2D eigenvalue weighted by Crippen LogP contribution is -2.17. The first-order valence-corrected chi connectivity index (χ1v) is 8.86. The van der Waals surface area contributed by atoms with Crippen LogP contribution in [0.5, 0.6) is 0 Å². The molecule has 1 aromatic heterocycles. The van der Waals surface area contributed by atoms with Gasteiger partial charge in [-0.3, -0.25) is 4.79 Å². The summed E-state index contributed by atoms with van der Waals surface area (Å²) in [5.74, 6) is 1.73. The van der Waals surface area contributed by atoms with Gasteiger partial charge in [0.05, 0.1) is 17.6 Å². The zero-order chi connectivity index (χ0) is 16.4. The number of carbonyl (C=O) groups is 1. The van der Waals surface area contributed by atoms with Crippen LogP contribution in [0, 0.1) is 0 Å². The third kappa shape index (κ3) is 2.86. The maximum absolute atomic E-state index is 12.7. The molecule has 2 aromatic carbocycles. The fraction of sp³-hybridized carbons (Fsp3) is 0.333. The standard InChI is InChI=1S/C21H22N2O/c24-20(16-9-3-1-4-10-16)15-23-19-14-8-7-13-18(19)22-21(23)17-11-5-2-6-12-17/h1,3-4,7-10,13-14,17H,2,5-6,11-12,15H2. The van der Waals surface area contributed by atoms with E-state index in [4.69, 9.17) is 4.98 Å². The number of fused-ring (bicyclic) bond motifs is 1. The molecule has 0 spiro atoms. The highest BCUT2D eigenvalue weighted by Crippen LogP contribution is 2.34. The predicted molar refractivity (Wildman–Crippen MR) is 96.3 cm³/mol. The summed E-state index contributed by atoms with van der Waals surface area (Å²) in [6, 6.07) is 17.7. The lowest BCUT2D eigenvalue weighted by molar-refractivity contribution is 0.0971. The van der Waals surface area contributed by atoms with Crippen LogP contribution in [-0.2, 0) is 6.54 Å². The lowest BCUT2D eigenvalue weighted by Gasteiger charge is -2.22. The highest BCUT2D eigenvalue weighted by atomic mass is 16.1. The smallest absolute Gasteiger partial charge is 0.182 e. The van der Waals surface area contributed by atoms with Gasteiger partial charge in [0.25, 0.3) is 0 Å². The molecule has 1 aliphatic carbocycles. The minimum absolute atomic E-state index is 0.149. The Hall–Kier alpha value is -2.42. The monoisotopic (exact) mass is 318 g/mol. The van der Waals surface area contributed by atoms with Gasteiger partial charge >= 0.3 is 0 Å². The number of nitrogens with zero attached hydrogens (tertiary/aromatic N) is 2. The summed E-state index contributed by atoms with van der Waals surface area (Å²) in [6.45, 7) is 0.371. The molecule has 1 heterocycles. The van der Waals surface area contributed by atoms with E-state index >= 15 is 0 Å². The van der Waals surface area contributed by atoms with Gasteiger partial charge in [0.1, 0.15) is 5.82 Å². The molecule has 24 heavy (non-hydrogen) atoms. The first-order chi connectivity index (χ1) is 11.8. The number of ketones is 1. The molecule has 1 saturated carbocycles. The Bertz CT molecular complexity index is 845. The topological polar surface area (TPSA) is 34.9 Å². The number of benzene rings is 2. The van der Waals surface area contributed by atoms with Crippen LogP contribution in [0.25, 0.3) is 11.0 Å². The van der Waals surface area contributed by atoms with E-state index < -0.39 is 0 Å². The van der Waals surface area contributed by atoms with Gasteiger partial charge in [-0.1, -0.05) is 61.7 Å². The van der Waals surface area contributed by atoms with Gasteiger partial charge in [-0.05, 0) is 25.0 Å². The molecule has 3 heteroatoms. The molecular weight excluding hydrogens is 296 g/mol. The van der Waals surface area contributed by atoms with Crippen LogP contribution < -0.4 is 0 Å². The minimum atomic E-state index is 0.149. The third-order valence-electron chi connectivity index (χ3n) is 5.05. The van der Waals surface area contributed by atoms with Gasteiger partial charge in [-0.25, -0.2) is 4.98 Å². The van der Waals surface area contributed by atoms with Crippen molar-refractivity contribution in [2.45, 2.75) is 44.6 Å². The molecule has 0 saturated heterocycles. The highest BCUT2D eigenvalue weighted by molar-refractivity contribution is 5.96. The Labute approximate surface area is 142 Å². The average molecular weight is 318 g/mol. The number of para-hydroxylation sites is 2. The van der Waals surface area contributed by atoms with Crippen LogP contribution in [-0.4, -0.2) is 15.3 Å². The van der Waals surface area contributed by atoms with Crippen LogP contribution in [0.2, 0.25) is 0 Å². The number of imidazole rings is 1. The summed E-state index contributed by atoms with van der Waals surface area (Å²) >= 11 is 0. The lowest BCUT2D eigenvalue weighted by atomic mass is 9.88. The predicted octanol–water partition coefficient (Wildman–Crippen LogP) is 4.97. The molecule has 0 unspecified atom stereocenters. The number of carbonyl (C=O) groups excluding carboxylic acids is 1. The van der Waals surface area contributed by atoms with E-state index in [0.717, 1.165) is 22.4 Å². The maximum Gasteiger partial charge on any atom is 0.182 e. The van der Waals surface area contributed by atoms with Gasteiger partial charge in [0.2, 0.25) is 0 Å². The van der Waals surface area contributed by atoms with Crippen LogP contribution >= 0.6 is 0 Å². The zero-order valence-electron chi connectivity index (χ0n) is 13.8. The summed E-state index contributed by atoms with van der Waals surface area (Å²) < 4.78 is 2.15.